The van der Waals surface area contributed by atoms with Crippen molar-refractivity contribution in [2.45, 2.75) is 37.2 Å². The number of alkyl halides is 3. The summed E-state index contributed by atoms with van der Waals surface area (Å²) in [5, 5.41) is 21.5. The molecule has 0 spiro atoms. The third-order valence-electron chi connectivity index (χ3n) is 9.26. The Bertz CT molecular complexity index is 1990. The third kappa shape index (κ3) is 5.82. The van der Waals surface area contributed by atoms with Crippen molar-refractivity contribution in [3.63, 3.8) is 0 Å². The monoisotopic (exact) mass is 738 g/mol. The van der Waals surface area contributed by atoms with E-state index in [0.29, 0.717) is 32.0 Å². The number of nitrogens with zero attached hydrogens (tertiary/aromatic N) is 8. The maximum absolute atomic E-state index is 14.3. The van der Waals surface area contributed by atoms with Crippen LogP contribution in [0.2, 0.25) is 5.02 Å². The van der Waals surface area contributed by atoms with Gasteiger partial charge in [-0.3, -0.25) is 24.4 Å². The summed E-state index contributed by atoms with van der Waals surface area (Å²) in [6.45, 7) is 4.33. The van der Waals surface area contributed by atoms with Crippen LogP contribution in [0.25, 0.3) is 5.78 Å². The molecule has 7 rings (SSSR count). The maximum atomic E-state index is 14.3. The number of amides is 2. The second-order valence-corrected chi connectivity index (χ2v) is 13.2. The zero-order valence-electron chi connectivity index (χ0n) is 26.5. The number of hydrogen-bond acceptors (Lipinski definition) is 11. The van der Waals surface area contributed by atoms with E-state index >= 15 is 0 Å². The smallest absolute Gasteiger partial charge is 0.378 e. The van der Waals surface area contributed by atoms with Crippen LogP contribution < -0.4 is 26.1 Å². The molecule has 3 N–H and O–H groups in total. The number of carbonyl (C=O) groups excluding carboxylic acids is 2. The van der Waals surface area contributed by atoms with Crippen LogP contribution >= 0.6 is 23.2 Å². The molecule has 2 aromatic heterocycles. The molecular weight excluding hydrogens is 708 g/mol. The van der Waals surface area contributed by atoms with Gasteiger partial charge in [0.15, 0.2) is 0 Å². The number of morpholine rings is 1. The van der Waals surface area contributed by atoms with E-state index < -0.39 is 40.9 Å². The van der Waals surface area contributed by atoms with Crippen molar-refractivity contribution in [2.75, 3.05) is 67.6 Å². The van der Waals surface area contributed by atoms with Gasteiger partial charge in [-0.25, -0.2) is 0 Å². The normalized spacial score (nSPS) is 23.9. The van der Waals surface area contributed by atoms with Crippen molar-refractivity contribution >= 4 is 64.3 Å². The van der Waals surface area contributed by atoms with Gasteiger partial charge in [0.25, 0.3) is 17.2 Å². The number of hydrazone groups is 1. The molecule has 4 aliphatic rings. The number of piperazine rings is 1. The lowest BCUT2D eigenvalue weighted by Crippen LogP contribution is -2.61. The van der Waals surface area contributed by atoms with Crippen molar-refractivity contribution in [1.82, 2.24) is 29.5 Å². The molecule has 1 aromatic carbocycles. The molecule has 1 unspecified atom stereocenters. The van der Waals surface area contributed by atoms with E-state index in [9.17, 15) is 32.7 Å². The van der Waals surface area contributed by atoms with Crippen LogP contribution in [0.5, 0.6) is 0 Å². The number of anilines is 3. The van der Waals surface area contributed by atoms with E-state index in [0.717, 1.165) is 22.7 Å². The van der Waals surface area contributed by atoms with Gasteiger partial charge in [-0.1, -0.05) is 30.1 Å². The van der Waals surface area contributed by atoms with Crippen LogP contribution in [0.1, 0.15) is 36.6 Å². The summed E-state index contributed by atoms with van der Waals surface area (Å²) in [5.41, 5.74) is -0.486. The summed E-state index contributed by atoms with van der Waals surface area (Å²) in [7, 11) is 0. The quantitative estimate of drug-likeness (QED) is 0.354. The number of rotatable bonds is 5. The fourth-order valence-electron chi connectivity index (χ4n) is 6.69. The molecule has 266 valence electrons. The number of fused-ring (bicyclic) bond motifs is 3. The van der Waals surface area contributed by atoms with Gasteiger partial charge < -0.3 is 29.9 Å². The minimum absolute atomic E-state index is 0.00549. The Balaban J connectivity index is 1.24. The molecule has 6 heterocycles. The van der Waals surface area contributed by atoms with Crippen LogP contribution in [0.4, 0.5) is 30.5 Å². The Morgan fingerprint density at radius 2 is 1.82 bits per heavy atom. The predicted octanol–water partition coefficient (Wildman–Crippen LogP) is 2.14. The molecule has 3 aromatic rings. The largest absolute Gasteiger partial charge is 0.416 e. The number of hydrogen-bond donors (Lipinski definition) is 3. The summed E-state index contributed by atoms with van der Waals surface area (Å²) in [4.78, 5) is 51.3. The van der Waals surface area contributed by atoms with E-state index in [2.05, 4.69) is 20.9 Å². The highest BCUT2D eigenvalue weighted by molar-refractivity contribution is 6.34. The topological polar surface area (TPSA) is 162 Å². The highest BCUT2D eigenvalue weighted by Crippen LogP contribution is 2.42. The molecule has 0 bridgehead atoms. The van der Waals surface area contributed by atoms with Crippen LogP contribution in [0, 0.1) is 0 Å². The lowest BCUT2D eigenvalue weighted by molar-refractivity contribution is -0.150. The Kier molecular flexibility index (Phi) is 8.68. The van der Waals surface area contributed by atoms with Crippen molar-refractivity contribution in [2.24, 2.45) is 5.10 Å². The van der Waals surface area contributed by atoms with Gasteiger partial charge in [-0.2, -0.15) is 27.8 Å². The molecule has 3 atom stereocenters. The zero-order valence-corrected chi connectivity index (χ0v) is 28.0. The number of aliphatic hydroxyl groups is 1. The van der Waals surface area contributed by atoms with Gasteiger partial charge in [0.1, 0.15) is 11.7 Å². The standard InChI is InChI=1S/C30H31Cl2F3N10O5/c1-16-14-20(24(46)37-19-3-2-17(15-18(19)31)30(33,34)35)44-22(16)23(25(47)45-28(44)38-27(39-45)43-10-12-50-13-11-43)41-6-8-42(9-7-41)26(48)29(49)21(32)4-5-36-40-29/h2-5,15-16,20,40,49H,6-14H2,1H3,(H,37,46)/t16-,20-,29?/m0/s1. The molecule has 4 aliphatic heterocycles. The lowest BCUT2D eigenvalue weighted by Gasteiger charge is -2.40. The van der Waals surface area contributed by atoms with E-state index in [-0.39, 0.29) is 71.7 Å². The first kappa shape index (κ1) is 34.1. The van der Waals surface area contributed by atoms with Gasteiger partial charge in [-0.15, -0.1) is 5.10 Å². The molecular formula is C30H31Cl2F3N10O5. The molecule has 20 heteroatoms. The second-order valence-electron chi connectivity index (χ2n) is 12.4. The number of benzene rings is 1. The second kappa shape index (κ2) is 12.7. The molecule has 50 heavy (non-hydrogen) atoms. The first-order chi connectivity index (χ1) is 23.8. The summed E-state index contributed by atoms with van der Waals surface area (Å²) in [5.74, 6) is -1.22. The van der Waals surface area contributed by atoms with Crippen LogP contribution in [-0.2, 0) is 20.5 Å². The van der Waals surface area contributed by atoms with Gasteiger partial charge in [0, 0.05) is 51.4 Å². The summed E-state index contributed by atoms with van der Waals surface area (Å²) in [6.07, 6.45) is -1.75. The number of ether oxygens (including phenoxy) is 1. The average molecular weight is 740 g/mol. The number of carbonyl (C=O) groups is 2. The number of allylic oxidation sites excluding steroid dienone is 1. The first-order valence-corrected chi connectivity index (χ1v) is 16.5. The summed E-state index contributed by atoms with van der Waals surface area (Å²) in [6, 6.07) is 1.73. The molecule has 15 nitrogen and oxygen atoms in total. The summed E-state index contributed by atoms with van der Waals surface area (Å²) < 4.78 is 48.0. The van der Waals surface area contributed by atoms with Gasteiger partial charge in [-0.05, 0) is 30.7 Å². The molecule has 2 saturated heterocycles. The van der Waals surface area contributed by atoms with E-state index in [4.69, 9.17) is 32.9 Å². The first-order valence-electron chi connectivity index (χ1n) is 15.8. The van der Waals surface area contributed by atoms with Crippen molar-refractivity contribution < 1.29 is 32.6 Å². The third-order valence-corrected chi connectivity index (χ3v) is 9.97. The zero-order chi connectivity index (χ0) is 35.5. The minimum Gasteiger partial charge on any atom is -0.378 e. The highest BCUT2D eigenvalue weighted by atomic mass is 35.5. The SMILES string of the molecule is C[C@H]1C[C@@H](C(=O)Nc2ccc(C(F)(F)F)cc2Cl)n2c1c(N1CCN(C(=O)C3(O)NN=CC=C3Cl)CC1)c(=O)n1nc(N3CCOCC3)nc21. The molecule has 2 fully saturated rings. The van der Waals surface area contributed by atoms with Gasteiger partial charge in [0.05, 0.1) is 40.2 Å². The fraction of sp³-hybridized carbons (Fsp3) is 0.467. The van der Waals surface area contributed by atoms with E-state index in [1.807, 2.05) is 16.7 Å². The van der Waals surface area contributed by atoms with Crippen molar-refractivity contribution in [1.29, 1.82) is 0 Å². The molecule has 2 amide bonds. The Morgan fingerprint density at radius 3 is 2.48 bits per heavy atom. The Hall–Kier alpha value is -4.39. The van der Waals surface area contributed by atoms with Crippen molar-refractivity contribution in [3.05, 3.63) is 55.9 Å². The molecule has 0 radical (unpaired) electrons. The molecule has 0 saturated carbocycles. The summed E-state index contributed by atoms with van der Waals surface area (Å²) >= 11 is 12.3. The highest BCUT2D eigenvalue weighted by Gasteiger charge is 2.45. The van der Waals surface area contributed by atoms with Crippen LogP contribution in [0.3, 0.4) is 0 Å². The van der Waals surface area contributed by atoms with Gasteiger partial charge in [0.2, 0.25) is 17.6 Å². The van der Waals surface area contributed by atoms with Crippen LogP contribution in [0.15, 0.2) is 39.2 Å². The Morgan fingerprint density at radius 1 is 1.10 bits per heavy atom. The fourth-order valence-corrected chi connectivity index (χ4v) is 7.10. The van der Waals surface area contributed by atoms with Crippen LogP contribution in [-0.4, -0.2) is 105 Å². The molecule has 0 aliphatic carbocycles. The van der Waals surface area contributed by atoms with E-state index in [1.165, 1.54) is 17.2 Å². The Labute approximate surface area is 291 Å². The number of aromatic nitrogens is 4. The van der Waals surface area contributed by atoms with E-state index in [1.54, 1.807) is 4.57 Å². The number of nitrogens with one attached hydrogen (secondary N) is 2. The minimum atomic E-state index is -4.62. The van der Waals surface area contributed by atoms with Crippen molar-refractivity contribution in [3.8, 4) is 0 Å². The predicted molar refractivity (Wildman–Crippen MR) is 177 cm³/mol. The maximum Gasteiger partial charge on any atom is 0.416 e. The average Bonchev–Trinajstić information content (AvgIpc) is 3.69. The van der Waals surface area contributed by atoms with Gasteiger partial charge >= 0.3 is 6.18 Å². The lowest BCUT2D eigenvalue weighted by atomic mass is 10.0. The number of halogens is 5.